The van der Waals surface area contributed by atoms with Gasteiger partial charge < -0.3 is 9.80 Å². The summed E-state index contributed by atoms with van der Waals surface area (Å²) < 4.78 is 0.370. The van der Waals surface area contributed by atoms with Gasteiger partial charge in [0.25, 0.3) is 11.6 Å². The van der Waals surface area contributed by atoms with Crippen LogP contribution >= 0.6 is 15.9 Å². The van der Waals surface area contributed by atoms with E-state index in [0.717, 1.165) is 13.0 Å². The van der Waals surface area contributed by atoms with Crippen molar-refractivity contribution in [2.24, 2.45) is 0 Å². The number of amides is 1. The maximum Gasteiger partial charge on any atom is 0.284 e. The zero-order valence-corrected chi connectivity index (χ0v) is 13.4. The molecule has 110 valence electrons. The number of carbonyl (C=O) groups is 1. The smallest absolute Gasteiger partial charge is 0.284 e. The van der Waals surface area contributed by atoms with Crippen molar-refractivity contribution in [3.63, 3.8) is 0 Å². The molecule has 0 saturated carbocycles. The van der Waals surface area contributed by atoms with Gasteiger partial charge in [-0.15, -0.1) is 0 Å². The van der Waals surface area contributed by atoms with Gasteiger partial charge in [0.05, 0.1) is 9.40 Å². The molecule has 0 aliphatic heterocycles. The Kier molecular flexibility index (Phi) is 6.09. The Bertz CT molecular complexity index is 506. The minimum absolute atomic E-state index is 0.0995. The molecule has 1 aromatic carbocycles. The van der Waals surface area contributed by atoms with E-state index in [0.29, 0.717) is 16.6 Å². The lowest BCUT2D eigenvalue weighted by Crippen LogP contribution is -2.29. The summed E-state index contributed by atoms with van der Waals surface area (Å²) >= 11 is 3.10. The summed E-state index contributed by atoms with van der Waals surface area (Å²) in [5.41, 5.74) is 0.227. The third-order valence-electron chi connectivity index (χ3n) is 2.84. The van der Waals surface area contributed by atoms with Gasteiger partial charge in [0, 0.05) is 25.2 Å². The summed E-state index contributed by atoms with van der Waals surface area (Å²) in [6, 6.07) is 4.41. The molecule has 1 amide bonds. The number of nitrogens with zero attached hydrogens (tertiary/aromatic N) is 3. The van der Waals surface area contributed by atoms with Crippen molar-refractivity contribution in [1.82, 2.24) is 9.80 Å². The van der Waals surface area contributed by atoms with E-state index >= 15 is 0 Å². The van der Waals surface area contributed by atoms with E-state index in [1.165, 1.54) is 12.1 Å². The van der Waals surface area contributed by atoms with Crippen LogP contribution in [0.2, 0.25) is 0 Å². The van der Waals surface area contributed by atoms with Gasteiger partial charge in [0.15, 0.2) is 0 Å². The highest BCUT2D eigenvalue weighted by molar-refractivity contribution is 9.10. The molecule has 0 fully saturated rings. The molecule has 0 radical (unpaired) electrons. The van der Waals surface area contributed by atoms with Gasteiger partial charge in [-0.25, -0.2) is 0 Å². The van der Waals surface area contributed by atoms with Crippen LogP contribution in [-0.4, -0.2) is 54.9 Å². The zero-order chi connectivity index (χ0) is 15.3. The van der Waals surface area contributed by atoms with Crippen LogP contribution < -0.4 is 0 Å². The second-order valence-corrected chi connectivity index (χ2v) is 5.66. The molecule has 0 heterocycles. The number of benzene rings is 1. The lowest BCUT2D eigenvalue weighted by Gasteiger charge is -2.18. The molecule has 1 rings (SSSR count). The molecule has 0 aliphatic rings. The van der Waals surface area contributed by atoms with Gasteiger partial charge in [-0.05, 0) is 55.1 Å². The zero-order valence-electron chi connectivity index (χ0n) is 11.8. The van der Waals surface area contributed by atoms with Crippen LogP contribution in [0.5, 0.6) is 0 Å². The molecule has 0 saturated heterocycles. The average Bonchev–Trinajstić information content (AvgIpc) is 2.37. The molecule has 7 heteroatoms. The molecule has 0 aliphatic carbocycles. The SMILES string of the molecule is CN(C)CCCN(C)C(=O)c1ccc(Br)c([N+](=O)[O-])c1. The molecule has 0 unspecified atom stereocenters. The van der Waals surface area contributed by atoms with Crippen LogP contribution in [0, 0.1) is 10.1 Å². The minimum Gasteiger partial charge on any atom is -0.342 e. The fraction of sp³-hybridized carbons (Fsp3) is 0.462. The van der Waals surface area contributed by atoms with Crippen LogP contribution in [0.15, 0.2) is 22.7 Å². The summed E-state index contributed by atoms with van der Waals surface area (Å²) in [6.45, 7) is 1.50. The van der Waals surface area contributed by atoms with Gasteiger partial charge in [0.2, 0.25) is 0 Å². The maximum atomic E-state index is 12.2. The molecule has 0 aromatic heterocycles. The van der Waals surface area contributed by atoms with Crippen molar-refractivity contribution in [3.05, 3.63) is 38.3 Å². The minimum atomic E-state index is -0.507. The van der Waals surface area contributed by atoms with E-state index in [1.807, 2.05) is 19.0 Å². The molecular formula is C13H18BrN3O3. The average molecular weight is 344 g/mol. The number of nitro groups is 1. The Morgan fingerprint density at radius 3 is 2.50 bits per heavy atom. The van der Waals surface area contributed by atoms with Gasteiger partial charge in [-0.1, -0.05) is 0 Å². The first-order chi connectivity index (χ1) is 9.32. The van der Waals surface area contributed by atoms with Crippen LogP contribution in [0.1, 0.15) is 16.8 Å². The third kappa shape index (κ3) is 4.57. The first-order valence-corrected chi connectivity index (χ1v) is 6.96. The Morgan fingerprint density at radius 2 is 1.95 bits per heavy atom. The number of hydrogen-bond donors (Lipinski definition) is 0. The summed E-state index contributed by atoms with van der Waals surface area (Å²) in [6.07, 6.45) is 0.855. The number of hydrogen-bond acceptors (Lipinski definition) is 4. The van der Waals surface area contributed by atoms with Gasteiger partial charge >= 0.3 is 0 Å². The Morgan fingerprint density at radius 1 is 1.30 bits per heavy atom. The van der Waals surface area contributed by atoms with Crippen LogP contribution in [0.3, 0.4) is 0 Å². The monoisotopic (exact) mass is 343 g/mol. The first-order valence-electron chi connectivity index (χ1n) is 6.17. The van der Waals surface area contributed by atoms with E-state index in [2.05, 4.69) is 15.9 Å². The van der Waals surface area contributed by atoms with E-state index in [4.69, 9.17) is 0 Å². The molecule has 0 N–H and O–H groups in total. The Balaban J connectivity index is 2.76. The standard InChI is InChI=1S/C13H18BrN3O3/c1-15(2)7-4-8-16(3)13(18)10-5-6-11(14)12(9-10)17(19)20/h5-6,9H,4,7-8H2,1-3H3. The van der Waals surface area contributed by atoms with E-state index in [1.54, 1.807) is 18.0 Å². The van der Waals surface area contributed by atoms with Crippen LogP contribution in [0.4, 0.5) is 5.69 Å². The summed E-state index contributed by atoms with van der Waals surface area (Å²) in [4.78, 5) is 26.2. The quantitative estimate of drug-likeness (QED) is 0.587. The van der Waals surface area contributed by atoms with Crippen molar-refractivity contribution in [2.75, 3.05) is 34.2 Å². The lowest BCUT2D eigenvalue weighted by molar-refractivity contribution is -0.385. The van der Waals surface area contributed by atoms with Crippen molar-refractivity contribution in [2.45, 2.75) is 6.42 Å². The lowest BCUT2D eigenvalue weighted by atomic mass is 10.1. The van der Waals surface area contributed by atoms with Gasteiger partial charge in [0.1, 0.15) is 0 Å². The van der Waals surface area contributed by atoms with Crippen LogP contribution in [0.25, 0.3) is 0 Å². The second kappa shape index (κ2) is 7.35. The van der Waals surface area contributed by atoms with Crippen molar-refractivity contribution >= 4 is 27.5 Å². The van der Waals surface area contributed by atoms with Gasteiger partial charge in [-0.3, -0.25) is 14.9 Å². The number of carbonyl (C=O) groups excluding carboxylic acids is 1. The first kappa shape index (κ1) is 16.6. The predicted molar refractivity (Wildman–Crippen MR) is 80.9 cm³/mol. The molecular weight excluding hydrogens is 326 g/mol. The fourth-order valence-electron chi connectivity index (χ4n) is 1.73. The molecule has 0 bridgehead atoms. The Hall–Kier alpha value is -1.47. The van der Waals surface area contributed by atoms with Crippen LogP contribution in [-0.2, 0) is 0 Å². The molecule has 0 spiro atoms. The van der Waals surface area contributed by atoms with Gasteiger partial charge in [-0.2, -0.15) is 0 Å². The third-order valence-corrected chi connectivity index (χ3v) is 3.51. The normalized spacial score (nSPS) is 10.7. The fourth-order valence-corrected chi connectivity index (χ4v) is 2.12. The molecule has 20 heavy (non-hydrogen) atoms. The largest absolute Gasteiger partial charge is 0.342 e. The predicted octanol–water partition coefficient (Wildman–Crippen LogP) is 2.38. The van der Waals surface area contributed by atoms with E-state index < -0.39 is 4.92 Å². The summed E-state index contributed by atoms with van der Waals surface area (Å²) in [5, 5.41) is 10.9. The van der Waals surface area contributed by atoms with Crippen molar-refractivity contribution in [3.8, 4) is 0 Å². The topological polar surface area (TPSA) is 66.7 Å². The highest BCUT2D eigenvalue weighted by atomic mass is 79.9. The maximum absolute atomic E-state index is 12.2. The number of rotatable bonds is 6. The van der Waals surface area contributed by atoms with E-state index in [9.17, 15) is 14.9 Å². The van der Waals surface area contributed by atoms with E-state index in [-0.39, 0.29) is 11.6 Å². The molecule has 0 atom stereocenters. The Labute approximate surface area is 126 Å². The highest BCUT2D eigenvalue weighted by Gasteiger charge is 2.18. The van der Waals surface area contributed by atoms with Crippen molar-refractivity contribution in [1.29, 1.82) is 0 Å². The number of halogens is 1. The number of nitro benzene ring substituents is 1. The molecule has 1 aromatic rings. The summed E-state index contributed by atoms with van der Waals surface area (Å²) in [7, 11) is 5.64. The summed E-state index contributed by atoms with van der Waals surface area (Å²) in [5.74, 6) is -0.209. The molecule has 6 nitrogen and oxygen atoms in total. The van der Waals surface area contributed by atoms with Crippen molar-refractivity contribution < 1.29 is 9.72 Å². The highest BCUT2D eigenvalue weighted by Crippen LogP contribution is 2.26. The second-order valence-electron chi connectivity index (χ2n) is 4.81.